The van der Waals surface area contributed by atoms with E-state index < -0.39 is 0 Å². The smallest absolute Gasteiger partial charge is 0.321 e. The largest absolute Gasteiger partial charge is 0.335 e. The van der Waals surface area contributed by atoms with Crippen LogP contribution < -0.4 is 16.0 Å². The van der Waals surface area contributed by atoms with E-state index in [1.165, 1.54) is 11.1 Å². The average Bonchev–Trinajstić information content (AvgIpc) is 3.30. The summed E-state index contributed by atoms with van der Waals surface area (Å²) in [6.45, 7) is 11.1. The van der Waals surface area contributed by atoms with Gasteiger partial charge in [-0.1, -0.05) is 58.9 Å². The predicted octanol–water partition coefficient (Wildman–Crippen LogP) is 2.23. The van der Waals surface area contributed by atoms with Gasteiger partial charge in [0.15, 0.2) is 6.54 Å². The van der Waals surface area contributed by atoms with E-state index in [-0.39, 0.29) is 36.0 Å². The number of carbonyl (C=O) groups is 2. The molecule has 4 N–H and O–H groups in total. The van der Waals surface area contributed by atoms with Crippen molar-refractivity contribution < 1.29 is 14.9 Å². The number of imide groups is 1. The van der Waals surface area contributed by atoms with E-state index in [9.17, 15) is 9.59 Å². The highest BCUT2D eigenvalue weighted by Crippen LogP contribution is 2.25. The lowest BCUT2D eigenvalue weighted by atomic mass is 9.85. The fourth-order valence-corrected chi connectivity index (χ4v) is 2.86. The second kappa shape index (κ2) is 8.00. The van der Waals surface area contributed by atoms with Crippen molar-refractivity contribution in [2.45, 2.75) is 65.0 Å². The normalized spacial score (nSPS) is 15.8. The SMILES string of the molecule is CC(C)[C@@H]([NH2+]CC(=O)NC(=O)NC1CC1)c1ccc(C(C)(C)C)cc1. The van der Waals surface area contributed by atoms with Crippen LogP contribution >= 0.6 is 0 Å². The Labute approximate surface area is 151 Å². The summed E-state index contributed by atoms with van der Waals surface area (Å²) < 4.78 is 0. The van der Waals surface area contributed by atoms with E-state index in [2.05, 4.69) is 69.5 Å². The molecule has 1 saturated carbocycles. The van der Waals surface area contributed by atoms with Gasteiger partial charge in [0.25, 0.3) is 5.91 Å². The van der Waals surface area contributed by atoms with Gasteiger partial charge < -0.3 is 10.6 Å². The lowest BCUT2D eigenvalue weighted by Crippen LogP contribution is -2.88. The number of benzene rings is 1. The molecule has 1 aromatic carbocycles. The zero-order valence-corrected chi connectivity index (χ0v) is 16.1. The molecule has 0 bridgehead atoms. The van der Waals surface area contributed by atoms with E-state index in [1.54, 1.807) is 0 Å². The molecule has 0 unspecified atom stereocenters. The molecule has 138 valence electrons. The molecule has 0 aromatic heterocycles. The zero-order chi connectivity index (χ0) is 18.6. The van der Waals surface area contributed by atoms with Gasteiger partial charge in [0.05, 0.1) is 0 Å². The van der Waals surface area contributed by atoms with E-state index in [1.807, 2.05) is 5.32 Å². The van der Waals surface area contributed by atoms with Crippen molar-refractivity contribution in [3.8, 4) is 0 Å². The standard InChI is InChI=1S/C20H31N3O2/c1-13(2)18(14-6-8-15(9-7-14)20(3,4)5)21-12-17(24)23-19(25)22-16-10-11-16/h6-9,13,16,18,21H,10-12H2,1-5H3,(H2,22,23,24,25)/p+1/t18-/m1/s1. The van der Waals surface area contributed by atoms with Gasteiger partial charge in [-0.15, -0.1) is 0 Å². The van der Waals surface area contributed by atoms with Crippen molar-refractivity contribution in [3.63, 3.8) is 0 Å². The highest BCUT2D eigenvalue weighted by atomic mass is 16.2. The number of amides is 3. The number of quaternary nitrogens is 1. The van der Waals surface area contributed by atoms with Crippen molar-refractivity contribution in [1.29, 1.82) is 0 Å². The number of carbonyl (C=O) groups excluding carboxylic acids is 2. The zero-order valence-electron chi connectivity index (χ0n) is 16.1. The molecule has 0 saturated heterocycles. The molecule has 1 aromatic rings. The molecule has 2 rings (SSSR count). The van der Waals surface area contributed by atoms with Crippen molar-refractivity contribution in [2.24, 2.45) is 5.92 Å². The second-order valence-corrected chi connectivity index (χ2v) is 8.38. The molecule has 25 heavy (non-hydrogen) atoms. The second-order valence-electron chi connectivity index (χ2n) is 8.38. The summed E-state index contributed by atoms with van der Waals surface area (Å²) in [6.07, 6.45) is 2.02. The van der Waals surface area contributed by atoms with Crippen LogP contribution in [0.2, 0.25) is 0 Å². The topological polar surface area (TPSA) is 74.8 Å². The summed E-state index contributed by atoms with van der Waals surface area (Å²) in [5.41, 5.74) is 2.64. The number of rotatable bonds is 6. The molecule has 3 amide bonds. The molecule has 1 fully saturated rings. The van der Waals surface area contributed by atoms with E-state index in [0.29, 0.717) is 5.92 Å². The molecule has 1 aliphatic rings. The fourth-order valence-electron chi connectivity index (χ4n) is 2.86. The van der Waals surface area contributed by atoms with E-state index in [0.717, 1.165) is 12.8 Å². The number of nitrogens with one attached hydrogen (secondary N) is 2. The third-order valence-electron chi connectivity index (χ3n) is 4.60. The average molecular weight is 346 g/mol. The minimum Gasteiger partial charge on any atom is -0.335 e. The lowest BCUT2D eigenvalue weighted by Gasteiger charge is -2.22. The number of hydrogen-bond donors (Lipinski definition) is 3. The molecule has 5 heteroatoms. The van der Waals surface area contributed by atoms with Crippen LogP contribution in [0.5, 0.6) is 0 Å². The molecule has 1 aliphatic carbocycles. The first-order chi connectivity index (χ1) is 11.7. The van der Waals surface area contributed by atoms with Gasteiger partial charge in [0.1, 0.15) is 6.04 Å². The Morgan fingerprint density at radius 1 is 1.16 bits per heavy atom. The molecular weight excluding hydrogens is 314 g/mol. The van der Waals surface area contributed by atoms with Gasteiger partial charge in [-0.3, -0.25) is 10.1 Å². The van der Waals surface area contributed by atoms with Crippen molar-refractivity contribution >= 4 is 11.9 Å². The van der Waals surface area contributed by atoms with E-state index in [4.69, 9.17) is 0 Å². The van der Waals surface area contributed by atoms with Crippen LogP contribution in [0.1, 0.15) is 64.6 Å². The van der Waals surface area contributed by atoms with E-state index >= 15 is 0 Å². The van der Waals surface area contributed by atoms with Gasteiger partial charge in [0.2, 0.25) is 0 Å². The van der Waals surface area contributed by atoms with Crippen molar-refractivity contribution in [1.82, 2.24) is 10.6 Å². The number of urea groups is 1. The monoisotopic (exact) mass is 346 g/mol. The molecule has 1 atom stereocenters. The maximum atomic E-state index is 12.0. The van der Waals surface area contributed by atoms with Gasteiger partial charge in [-0.25, -0.2) is 4.79 Å². The highest BCUT2D eigenvalue weighted by Gasteiger charge is 2.25. The van der Waals surface area contributed by atoms with Crippen LogP contribution in [0.4, 0.5) is 4.79 Å². The molecule has 5 nitrogen and oxygen atoms in total. The maximum Gasteiger partial charge on any atom is 0.321 e. The van der Waals surface area contributed by atoms with Crippen LogP contribution in [0.15, 0.2) is 24.3 Å². The summed E-state index contributed by atoms with van der Waals surface area (Å²) in [7, 11) is 0. The summed E-state index contributed by atoms with van der Waals surface area (Å²) in [6, 6.07) is 8.70. The Balaban J connectivity index is 1.91. The van der Waals surface area contributed by atoms with Gasteiger partial charge in [-0.05, 0) is 23.8 Å². The van der Waals surface area contributed by atoms with Crippen LogP contribution in [-0.4, -0.2) is 24.5 Å². The summed E-state index contributed by atoms with van der Waals surface area (Å²) in [4.78, 5) is 23.6. The number of hydrogen-bond acceptors (Lipinski definition) is 2. The molecule has 0 radical (unpaired) electrons. The Kier molecular flexibility index (Phi) is 6.22. The summed E-state index contributed by atoms with van der Waals surface area (Å²) >= 11 is 0. The van der Waals surface area contributed by atoms with Crippen LogP contribution in [0.25, 0.3) is 0 Å². The minimum atomic E-state index is -0.378. The molecule has 0 aliphatic heterocycles. The Bertz CT molecular complexity index is 598. The van der Waals surface area contributed by atoms with Crippen LogP contribution in [0, 0.1) is 5.92 Å². The van der Waals surface area contributed by atoms with Gasteiger partial charge in [0, 0.05) is 17.5 Å². The first-order valence-electron chi connectivity index (χ1n) is 9.21. The Morgan fingerprint density at radius 3 is 2.24 bits per heavy atom. The van der Waals surface area contributed by atoms with Crippen molar-refractivity contribution in [3.05, 3.63) is 35.4 Å². The summed E-state index contributed by atoms with van der Waals surface area (Å²) in [5.74, 6) is 0.128. The lowest BCUT2D eigenvalue weighted by molar-refractivity contribution is -0.692. The first-order valence-corrected chi connectivity index (χ1v) is 9.21. The molecule has 0 heterocycles. The van der Waals surface area contributed by atoms with Crippen molar-refractivity contribution in [2.75, 3.05) is 6.54 Å². The number of nitrogens with two attached hydrogens (primary N) is 1. The summed E-state index contributed by atoms with van der Waals surface area (Å²) in [5, 5.41) is 7.18. The van der Waals surface area contributed by atoms with Gasteiger partial charge >= 0.3 is 6.03 Å². The fraction of sp³-hybridized carbons (Fsp3) is 0.600. The third-order valence-corrected chi connectivity index (χ3v) is 4.60. The Hall–Kier alpha value is -1.88. The maximum absolute atomic E-state index is 12.0. The van der Waals surface area contributed by atoms with Crippen LogP contribution in [-0.2, 0) is 10.2 Å². The molecular formula is C20H32N3O2+. The minimum absolute atomic E-state index is 0.129. The Morgan fingerprint density at radius 2 is 1.76 bits per heavy atom. The highest BCUT2D eigenvalue weighted by molar-refractivity contribution is 5.94. The quantitative estimate of drug-likeness (QED) is 0.739. The van der Waals surface area contributed by atoms with Crippen LogP contribution in [0.3, 0.4) is 0 Å². The third kappa shape index (κ3) is 6.16. The molecule has 0 spiro atoms. The first kappa shape index (κ1) is 19.4. The van der Waals surface area contributed by atoms with Gasteiger partial charge in [-0.2, -0.15) is 0 Å². The predicted molar refractivity (Wildman–Crippen MR) is 99.2 cm³/mol.